The second-order valence-corrected chi connectivity index (χ2v) is 9.61. The molecule has 0 spiro atoms. The number of esters is 1. The van der Waals surface area contributed by atoms with Crippen molar-refractivity contribution in [2.75, 3.05) is 12.4 Å². The number of carbonyl (C=O) groups excluding carboxylic acids is 2. The monoisotopic (exact) mass is 498 g/mol. The number of thioether (sulfide) groups is 1. The minimum Gasteiger partial charge on any atom is -0.488 e. The van der Waals surface area contributed by atoms with E-state index in [4.69, 9.17) is 9.47 Å². The number of rotatable bonds is 10. The number of benzene rings is 2. The Morgan fingerprint density at radius 1 is 1.09 bits per heavy atom. The Kier molecular flexibility index (Phi) is 9.45. The molecule has 1 N–H and O–H groups in total. The van der Waals surface area contributed by atoms with E-state index in [1.807, 2.05) is 37.3 Å². The molecule has 1 aliphatic heterocycles. The Hall–Kier alpha value is -3.17. The number of nitrogens with one attached hydrogen (secondary N) is 1. The fraction of sp³-hybridized carbons (Fsp3) is 0.385. The predicted molar refractivity (Wildman–Crippen MR) is 135 cm³/mol. The molecule has 0 saturated heterocycles. The molecule has 1 heterocycles. The molecule has 1 aliphatic rings. The van der Waals surface area contributed by atoms with Gasteiger partial charge in [0, 0.05) is 24.3 Å². The number of carbonyl (C=O) groups is 2. The van der Waals surface area contributed by atoms with Crippen LogP contribution in [0.15, 0.2) is 60.3 Å². The summed E-state index contributed by atoms with van der Waals surface area (Å²) in [6.07, 6.45) is 0.513. The number of hydrogen-bond donors (Lipinski definition) is 1. The van der Waals surface area contributed by atoms with Gasteiger partial charge in [-0.15, -0.1) is 0 Å². The summed E-state index contributed by atoms with van der Waals surface area (Å²) in [5.41, 5.74) is 1.69. The lowest BCUT2D eigenvalue weighted by molar-refractivity contribution is -0.430. The van der Waals surface area contributed by atoms with Gasteiger partial charge in [0.1, 0.15) is 18.3 Å². The average Bonchev–Trinajstić information content (AvgIpc) is 2.82. The first-order chi connectivity index (χ1) is 16.8. The Morgan fingerprint density at radius 2 is 1.77 bits per heavy atom. The number of nitro groups is 1. The molecule has 0 bridgehead atoms. The number of nitrogens with zero attached hydrogens (tertiary/aromatic N) is 1. The van der Waals surface area contributed by atoms with E-state index in [0.29, 0.717) is 29.1 Å². The van der Waals surface area contributed by atoms with E-state index in [9.17, 15) is 19.7 Å². The zero-order valence-corrected chi connectivity index (χ0v) is 20.9. The van der Waals surface area contributed by atoms with Crippen molar-refractivity contribution in [3.05, 3.63) is 81.5 Å². The Bertz CT molecular complexity index is 1090. The maximum absolute atomic E-state index is 13.2. The van der Waals surface area contributed by atoms with E-state index in [1.165, 1.54) is 18.7 Å². The fourth-order valence-electron chi connectivity index (χ4n) is 4.18. The van der Waals surface area contributed by atoms with Crippen molar-refractivity contribution in [2.45, 2.75) is 45.9 Å². The molecule has 0 radical (unpaired) electrons. The molecule has 2 aromatic carbocycles. The third-order valence-corrected chi connectivity index (χ3v) is 6.61. The molecular formula is C26H30N2O6S. The SMILES string of the molecule is CC(=O)SCCCOC(=O)C1C(c2ccccc2OCc2ccccc2)=C([N+](=O)[O-])C(C)NC1C. The summed E-state index contributed by atoms with van der Waals surface area (Å²) in [6.45, 7) is 5.43. The third kappa shape index (κ3) is 6.93. The van der Waals surface area contributed by atoms with Crippen LogP contribution in [0.5, 0.6) is 5.75 Å². The van der Waals surface area contributed by atoms with E-state index in [2.05, 4.69) is 5.32 Å². The molecule has 0 amide bonds. The highest BCUT2D eigenvalue weighted by molar-refractivity contribution is 8.13. The maximum atomic E-state index is 13.2. The molecule has 0 aliphatic carbocycles. The largest absolute Gasteiger partial charge is 0.488 e. The van der Waals surface area contributed by atoms with Crippen LogP contribution in [0, 0.1) is 16.0 Å². The van der Waals surface area contributed by atoms with Gasteiger partial charge in [0.15, 0.2) is 5.12 Å². The summed E-state index contributed by atoms with van der Waals surface area (Å²) >= 11 is 1.17. The Labute approximate surface area is 209 Å². The van der Waals surface area contributed by atoms with E-state index in [1.54, 1.807) is 31.2 Å². The number of ether oxygens (including phenoxy) is 2. The van der Waals surface area contributed by atoms with Crippen molar-refractivity contribution < 1.29 is 24.0 Å². The van der Waals surface area contributed by atoms with Gasteiger partial charge in [-0.1, -0.05) is 60.3 Å². The van der Waals surface area contributed by atoms with Crippen LogP contribution in [-0.2, 0) is 20.9 Å². The van der Waals surface area contributed by atoms with Crippen LogP contribution < -0.4 is 10.1 Å². The van der Waals surface area contributed by atoms with Gasteiger partial charge < -0.3 is 14.8 Å². The molecule has 0 fully saturated rings. The van der Waals surface area contributed by atoms with Crippen LogP contribution in [0.4, 0.5) is 0 Å². The van der Waals surface area contributed by atoms with Gasteiger partial charge in [-0.25, -0.2) is 0 Å². The van der Waals surface area contributed by atoms with E-state index < -0.39 is 28.9 Å². The highest BCUT2D eigenvalue weighted by atomic mass is 32.2. The zero-order valence-electron chi connectivity index (χ0n) is 20.1. The summed E-state index contributed by atoms with van der Waals surface area (Å²) in [5.74, 6) is -0.440. The average molecular weight is 499 g/mol. The van der Waals surface area contributed by atoms with Gasteiger partial charge >= 0.3 is 5.97 Å². The van der Waals surface area contributed by atoms with Crippen LogP contribution in [0.25, 0.3) is 5.57 Å². The fourth-order valence-corrected chi connectivity index (χ4v) is 4.73. The first-order valence-electron chi connectivity index (χ1n) is 11.5. The predicted octanol–water partition coefficient (Wildman–Crippen LogP) is 4.46. The lowest BCUT2D eigenvalue weighted by Crippen LogP contribution is -2.50. The van der Waals surface area contributed by atoms with Crippen molar-refractivity contribution in [1.82, 2.24) is 5.32 Å². The second kappa shape index (κ2) is 12.5. The van der Waals surface area contributed by atoms with Crippen LogP contribution in [0.1, 0.15) is 38.3 Å². The lowest BCUT2D eigenvalue weighted by Gasteiger charge is -2.33. The highest BCUT2D eigenvalue weighted by Crippen LogP contribution is 2.40. The van der Waals surface area contributed by atoms with E-state index >= 15 is 0 Å². The summed E-state index contributed by atoms with van der Waals surface area (Å²) in [6, 6.07) is 15.7. The van der Waals surface area contributed by atoms with Gasteiger partial charge in [0.25, 0.3) is 5.70 Å². The van der Waals surface area contributed by atoms with Crippen LogP contribution in [-0.4, -0.2) is 40.5 Å². The summed E-state index contributed by atoms with van der Waals surface area (Å²) in [7, 11) is 0. The molecule has 3 rings (SSSR count). The van der Waals surface area contributed by atoms with Gasteiger partial charge in [0.2, 0.25) is 0 Å². The first kappa shape index (κ1) is 26.4. The van der Waals surface area contributed by atoms with Gasteiger partial charge in [-0.3, -0.25) is 19.7 Å². The quantitative estimate of drug-likeness (QED) is 0.221. The minimum absolute atomic E-state index is 0.00312. The highest BCUT2D eigenvalue weighted by Gasteiger charge is 2.44. The van der Waals surface area contributed by atoms with Crippen LogP contribution >= 0.6 is 11.8 Å². The van der Waals surface area contributed by atoms with Crippen molar-refractivity contribution in [3.63, 3.8) is 0 Å². The minimum atomic E-state index is -0.895. The Balaban J connectivity index is 1.93. The molecule has 9 heteroatoms. The standard InChI is InChI=1S/C26H30N2O6S/c1-17-23(26(30)33-14-9-15-35-19(3)29)24(25(28(31)32)18(2)27-17)21-12-7-8-13-22(21)34-16-20-10-5-4-6-11-20/h4-8,10-13,17-18,23,27H,9,14-16H2,1-3H3. The molecule has 186 valence electrons. The smallest absolute Gasteiger partial charge is 0.315 e. The molecule has 0 saturated carbocycles. The van der Waals surface area contributed by atoms with Crippen LogP contribution in [0.2, 0.25) is 0 Å². The van der Waals surface area contributed by atoms with Crippen molar-refractivity contribution in [2.24, 2.45) is 5.92 Å². The second-order valence-electron chi connectivity index (χ2n) is 8.34. The van der Waals surface area contributed by atoms with Gasteiger partial charge in [-0.2, -0.15) is 0 Å². The molecule has 35 heavy (non-hydrogen) atoms. The Morgan fingerprint density at radius 3 is 2.46 bits per heavy atom. The van der Waals surface area contributed by atoms with Crippen molar-refractivity contribution in [1.29, 1.82) is 0 Å². The summed E-state index contributed by atoms with van der Waals surface area (Å²) in [5, 5.41) is 15.3. The summed E-state index contributed by atoms with van der Waals surface area (Å²) < 4.78 is 11.6. The first-order valence-corrected chi connectivity index (χ1v) is 12.5. The van der Waals surface area contributed by atoms with E-state index in [0.717, 1.165) is 5.56 Å². The zero-order chi connectivity index (χ0) is 25.4. The number of hydrogen-bond acceptors (Lipinski definition) is 8. The van der Waals surface area contributed by atoms with Gasteiger partial charge in [-0.05, 0) is 31.9 Å². The van der Waals surface area contributed by atoms with Gasteiger partial charge in [0.05, 0.1) is 23.1 Å². The molecular weight excluding hydrogens is 468 g/mol. The molecule has 3 atom stereocenters. The van der Waals surface area contributed by atoms with E-state index in [-0.39, 0.29) is 24.0 Å². The van der Waals surface area contributed by atoms with Crippen molar-refractivity contribution >= 4 is 28.4 Å². The molecule has 2 aromatic rings. The number of para-hydroxylation sites is 1. The lowest BCUT2D eigenvalue weighted by atomic mass is 9.81. The third-order valence-electron chi connectivity index (χ3n) is 5.71. The van der Waals surface area contributed by atoms with Crippen molar-refractivity contribution in [3.8, 4) is 5.75 Å². The molecule has 0 aromatic heterocycles. The molecule has 8 nitrogen and oxygen atoms in total. The maximum Gasteiger partial charge on any atom is 0.315 e. The summed E-state index contributed by atoms with van der Waals surface area (Å²) in [4.78, 5) is 36.0. The normalized spacial score (nSPS) is 19.8. The molecule has 3 unspecified atom stereocenters. The van der Waals surface area contributed by atoms with Crippen LogP contribution in [0.3, 0.4) is 0 Å². The topological polar surface area (TPSA) is 108 Å².